The maximum absolute atomic E-state index is 11.5. The number of nitrogens with one attached hydrogen (secondary N) is 1. The lowest BCUT2D eigenvalue weighted by Gasteiger charge is -2.21. The topological polar surface area (TPSA) is 58.6 Å². The van der Waals surface area contributed by atoms with E-state index in [1.54, 1.807) is 26.3 Å². The molecule has 0 aromatic heterocycles. The smallest absolute Gasteiger partial charge is 0.233 e. The third-order valence-electron chi connectivity index (χ3n) is 3.17. The Bertz CT molecular complexity index is 486. The molecule has 5 heteroatoms. The van der Waals surface area contributed by atoms with Gasteiger partial charge < -0.3 is 10.1 Å². The maximum atomic E-state index is 11.5. The molecule has 0 saturated carbocycles. The predicted molar refractivity (Wildman–Crippen MR) is 78.0 cm³/mol. The van der Waals surface area contributed by atoms with Gasteiger partial charge in [-0.05, 0) is 31.7 Å². The summed E-state index contributed by atoms with van der Waals surface area (Å²) in [6, 6.07) is 5.37. The van der Waals surface area contributed by atoms with E-state index in [9.17, 15) is 9.59 Å². The highest BCUT2D eigenvalue weighted by Crippen LogP contribution is 2.22. The number of rotatable bonds is 7. The number of benzene rings is 1. The highest BCUT2D eigenvalue weighted by Gasteiger charge is 2.13. The normalized spacial score (nSPS) is 10.4. The summed E-state index contributed by atoms with van der Waals surface area (Å²) in [6.45, 7) is 5.15. The van der Waals surface area contributed by atoms with Crippen molar-refractivity contribution in [3.8, 4) is 5.75 Å². The van der Waals surface area contributed by atoms with Crippen LogP contribution in [0.15, 0.2) is 18.2 Å². The monoisotopic (exact) mass is 278 g/mol. The molecule has 0 aliphatic heterocycles. The molecule has 0 atom stereocenters. The van der Waals surface area contributed by atoms with Gasteiger partial charge in [-0.2, -0.15) is 0 Å². The molecule has 1 N–H and O–H groups in total. The first-order valence-corrected chi connectivity index (χ1v) is 6.62. The molecule has 0 heterocycles. The van der Waals surface area contributed by atoms with Crippen molar-refractivity contribution in [2.24, 2.45) is 0 Å². The van der Waals surface area contributed by atoms with Crippen molar-refractivity contribution in [1.82, 2.24) is 10.2 Å². The van der Waals surface area contributed by atoms with E-state index in [1.165, 1.54) is 6.92 Å². The molecule has 1 amide bonds. The molecule has 5 nitrogen and oxygen atoms in total. The quantitative estimate of drug-likeness (QED) is 0.767. The van der Waals surface area contributed by atoms with Crippen LogP contribution in [-0.2, 0) is 11.3 Å². The molecule has 0 saturated heterocycles. The number of likely N-dealkylation sites (N-methyl/N-ethyl adjacent to an activating group) is 2. The number of carbonyl (C=O) groups is 2. The number of ether oxygens (including phenoxy) is 1. The minimum Gasteiger partial charge on any atom is -0.496 e. The third kappa shape index (κ3) is 4.35. The van der Waals surface area contributed by atoms with Crippen LogP contribution in [0.25, 0.3) is 0 Å². The van der Waals surface area contributed by atoms with E-state index in [0.29, 0.717) is 18.7 Å². The summed E-state index contributed by atoms with van der Waals surface area (Å²) >= 11 is 0. The van der Waals surface area contributed by atoms with Crippen LogP contribution in [0.5, 0.6) is 5.75 Å². The van der Waals surface area contributed by atoms with Gasteiger partial charge in [0, 0.05) is 24.7 Å². The summed E-state index contributed by atoms with van der Waals surface area (Å²) in [6.07, 6.45) is 0. The molecular weight excluding hydrogens is 256 g/mol. The van der Waals surface area contributed by atoms with Gasteiger partial charge in [-0.25, -0.2) is 0 Å². The second kappa shape index (κ2) is 7.65. The first-order chi connectivity index (χ1) is 9.51. The van der Waals surface area contributed by atoms with Crippen LogP contribution >= 0.6 is 0 Å². The summed E-state index contributed by atoms with van der Waals surface area (Å²) in [7, 11) is 3.22. The number of ketones is 1. The Labute approximate surface area is 119 Å². The Morgan fingerprint density at radius 1 is 1.35 bits per heavy atom. The molecule has 110 valence electrons. The largest absolute Gasteiger partial charge is 0.496 e. The molecule has 0 fully saturated rings. The Balaban J connectivity index is 2.95. The highest BCUT2D eigenvalue weighted by atomic mass is 16.5. The van der Waals surface area contributed by atoms with Gasteiger partial charge in [0.25, 0.3) is 0 Å². The number of hydrogen-bond donors (Lipinski definition) is 1. The van der Waals surface area contributed by atoms with Gasteiger partial charge in [-0.15, -0.1) is 0 Å². The van der Waals surface area contributed by atoms with E-state index in [1.807, 2.05) is 17.9 Å². The fourth-order valence-electron chi connectivity index (χ4n) is 1.92. The predicted octanol–water partition coefficient (Wildman–Crippen LogP) is 1.47. The summed E-state index contributed by atoms with van der Waals surface area (Å²) in [5.74, 6) is 0.710. The first-order valence-electron chi connectivity index (χ1n) is 6.62. The van der Waals surface area contributed by atoms with Gasteiger partial charge in [-0.1, -0.05) is 6.92 Å². The number of Topliss-reactive ketones (excluding diaryl/α,β-unsaturated/α-hetero) is 1. The zero-order valence-corrected chi connectivity index (χ0v) is 12.5. The molecule has 1 rings (SSSR count). The van der Waals surface area contributed by atoms with E-state index < -0.39 is 0 Å². The molecule has 0 spiro atoms. The average molecular weight is 278 g/mol. The third-order valence-corrected chi connectivity index (χ3v) is 3.17. The summed E-state index contributed by atoms with van der Waals surface area (Å²) in [5, 5.41) is 2.61. The number of hydrogen-bond acceptors (Lipinski definition) is 4. The Morgan fingerprint density at radius 3 is 2.55 bits per heavy atom. The molecule has 0 aliphatic carbocycles. The van der Waals surface area contributed by atoms with Crippen molar-refractivity contribution in [2.45, 2.75) is 20.4 Å². The van der Waals surface area contributed by atoms with Crippen LogP contribution < -0.4 is 10.1 Å². The molecule has 0 radical (unpaired) electrons. The number of carbonyl (C=O) groups excluding carboxylic acids is 2. The number of methoxy groups -OCH3 is 1. The van der Waals surface area contributed by atoms with E-state index in [0.717, 1.165) is 17.9 Å². The van der Waals surface area contributed by atoms with Crippen molar-refractivity contribution in [1.29, 1.82) is 0 Å². The van der Waals surface area contributed by atoms with Gasteiger partial charge in [0.1, 0.15) is 5.75 Å². The Kier molecular flexibility index (Phi) is 6.18. The van der Waals surface area contributed by atoms with Crippen LogP contribution in [0.2, 0.25) is 0 Å². The molecule has 0 aliphatic rings. The van der Waals surface area contributed by atoms with Gasteiger partial charge in [0.05, 0.1) is 13.7 Å². The van der Waals surface area contributed by atoms with E-state index in [4.69, 9.17) is 4.74 Å². The lowest BCUT2D eigenvalue weighted by molar-refractivity contribution is -0.121. The SMILES string of the molecule is CCN(CC(=O)NC)Cc1cc(C(C)=O)ccc1OC. The van der Waals surface area contributed by atoms with Crippen LogP contribution in [-0.4, -0.2) is 43.8 Å². The fraction of sp³-hybridized carbons (Fsp3) is 0.467. The molecule has 1 aromatic rings. The average Bonchev–Trinajstić information content (AvgIpc) is 2.45. The van der Waals surface area contributed by atoms with Gasteiger partial charge in [-0.3, -0.25) is 14.5 Å². The minimum atomic E-state index is -0.0338. The molecule has 0 bridgehead atoms. The standard InChI is InChI=1S/C15H22N2O3/c1-5-17(10-15(19)16-3)9-13-8-12(11(2)18)6-7-14(13)20-4/h6-8H,5,9-10H2,1-4H3,(H,16,19). The van der Waals surface area contributed by atoms with Crippen LogP contribution in [0, 0.1) is 0 Å². The zero-order chi connectivity index (χ0) is 15.1. The second-order valence-electron chi connectivity index (χ2n) is 4.56. The lowest BCUT2D eigenvalue weighted by Crippen LogP contribution is -2.35. The highest BCUT2D eigenvalue weighted by molar-refractivity contribution is 5.94. The minimum absolute atomic E-state index is 0.0169. The molecular formula is C15H22N2O3. The summed E-state index contributed by atoms with van der Waals surface area (Å²) < 4.78 is 5.32. The van der Waals surface area contributed by atoms with E-state index in [2.05, 4.69) is 5.32 Å². The van der Waals surface area contributed by atoms with Crippen molar-refractivity contribution in [3.63, 3.8) is 0 Å². The van der Waals surface area contributed by atoms with Crippen LogP contribution in [0.4, 0.5) is 0 Å². The van der Waals surface area contributed by atoms with Gasteiger partial charge in [0.15, 0.2) is 5.78 Å². The van der Waals surface area contributed by atoms with Crippen molar-refractivity contribution >= 4 is 11.7 Å². The maximum Gasteiger partial charge on any atom is 0.233 e. The van der Waals surface area contributed by atoms with Crippen LogP contribution in [0.1, 0.15) is 29.8 Å². The summed E-state index contributed by atoms with van der Waals surface area (Å²) in [5.41, 5.74) is 1.56. The Hall–Kier alpha value is -1.88. The van der Waals surface area contributed by atoms with Crippen molar-refractivity contribution in [2.75, 3.05) is 27.2 Å². The molecule has 20 heavy (non-hydrogen) atoms. The van der Waals surface area contributed by atoms with Crippen molar-refractivity contribution in [3.05, 3.63) is 29.3 Å². The van der Waals surface area contributed by atoms with Gasteiger partial charge >= 0.3 is 0 Å². The number of amides is 1. The van der Waals surface area contributed by atoms with Crippen molar-refractivity contribution < 1.29 is 14.3 Å². The first kappa shape index (κ1) is 16.2. The Morgan fingerprint density at radius 2 is 2.05 bits per heavy atom. The fourth-order valence-corrected chi connectivity index (χ4v) is 1.92. The lowest BCUT2D eigenvalue weighted by atomic mass is 10.1. The van der Waals surface area contributed by atoms with Crippen LogP contribution in [0.3, 0.4) is 0 Å². The van der Waals surface area contributed by atoms with E-state index >= 15 is 0 Å². The van der Waals surface area contributed by atoms with E-state index in [-0.39, 0.29) is 11.7 Å². The number of nitrogens with zero attached hydrogens (tertiary/aromatic N) is 1. The summed E-state index contributed by atoms with van der Waals surface area (Å²) in [4.78, 5) is 24.9. The zero-order valence-electron chi connectivity index (χ0n) is 12.5. The molecule has 1 aromatic carbocycles. The second-order valence-corrected chi connectivity index (χ2v) is 4.56. The molecule has 0 unspecified atom stereocenters. The van der Waals surface area contributed by atoms with Gasteiger partial charge in [0.2, 0.25) is 5.91 Å².